The maximum absolute atomic E-state index is 12.3. The van der Waals surface area contributed by atoms with Gasteiger partial charge in [0, 0.05) is 19.3 Å². The van der Waals surface area contributed by atoms with Crippen LogP contribution in [0.1, 0.15) is 32.8 Å². The number of carbonyl (C=O) groups excluding carboxylic acids is 6. The van der Waals surface area contributed by atoms with Gasteiger partial charge in [-0.1, -0.05) is 37.3 Å². The van der Waals surface area contributed by atoms with Crippen LogP contribution in [0.25, 0.3) is 0 Å². The number of ketones is 2. The van der Waals surface area contributed by atoms with Gasteiger partial charge in [-0.05, 0) is 12.5 Å². The van der Waals surface area contributed by atoms with Crippen LogP contribution in [0.5, 0.6) is 0 Å². The summed E-state index contributed by atoms with van der Waals surface area (Å²) in [7, 11) is 0. The van der Waals surface area contributed by atoms with Crippen LogP contribution in [0, 0.1) is 5.92 Å². The molecule has 31 heavy (non-hydrogen) atoms. The summed E-state index contributed by atoms with van der Waals surface area (Å²) < 4.78 is 5.04. The van der Waals surface area contributed by atoms with E-state index in [0.29, 0.717) is 5.01 Å². The number of Topliss-reactive ketones (excluding diaryl/α,β-unsaturated/α-hetero) is 2. The highest BCUT2D eigenvalue weighted by Gasteiger charge is 2.27. The van der Waals surface area contributed by atoms with E-state index in [-0.39, 0.29) is 13.0 Å². The topological polar surface area (TPSA) is 165 Å². The Hall–Kier alpha value is -3.76. The van der Waals surface area contributed by atoms with E-state index in [0.717, 1.165) is 12.5 Å². The number of rotatable bonds is 10. The Morgan fingerprint density at radius 1 is 1.06 bits per heavy atom. The van der Waals surface area contributed by atoms with Gasteiger partial charge in [0.1, 0.15) is 13.2 Å². The fourth-order valence-electron chi connectivity index (χ4n) is 2.34. The number of hydrogen-bond acceptors (Lipinski definition) is 7. The number of benzene rings is 1. The van der Waals surface area contributed by atoms with Crippen molar-refractivity contribution in [3.8, 4) is 0 Å². The highest BCUT2D eigenvalue weighted by Crippen LogP contribution is 2.07. The van der Waals surface area contributed by atoms with Crippen molar-refractivity contribution in [2.45, 2.75) is 39.8 Å². The van der Waals surface area contributed by atoms with E-state index >= 15 is 0 Å². The molecule has 1 aromatic carbocycles. The molecule has 168 valence electrons. The second-order valence-corrected chi connectivity index (χ2v) is 6.89. The minimum atomic E-state index is -1.12. The molecule has 4 N–H and O–H groups in total. The molecule has 0 saturated heterocycles. The van der Waals surface area contributed by atoms with Gasteiger partial charge in [0.2, 0.25) is 17.6 Å². The smallest absolute Gasteiger partial charge is 0.408 e. The van der Waals surface area contributed by atoms with Crippen molar-refractivity contribution in [2.75, 3.05) is 6.54 Å². The van der Waals surface area contributed by atoms with Gasteiger partial charge in [0.05, 0.1) is 6.04 Å². The fraction of sp³-hybridized carbons (Fsp3) is 0.400. The summed E-state index contributed by atoms with van der Waals surface area (Å²) in [6.07, 6.45) is -1.06. The second-order valence-electron chi connectivity index (χ2n) is 6.89. The SMILES string of the molecule is CC(=O)C(=O)N(CC(N)=O)NC(=O)[C@H](C)CC(=O)[C@H](C)NC(=O)OCc1ccccc1. The Kier molecular flexibility index (Phi) is 9.83. The van der Waals surface area contributed by atoms with Crippen LogP contribution < -0.4 is 16.5 Å². The summed E-state index contributed by atoms with van der Waals surface area (Å²) >= 11 is 0. The van der Waals surface area contributed by atoms with Crippen LogP contribution in [0.3, 0.4) is 0 Å². The molecule has 0 aliphatic heterocycles. The van der Waals surface area contributed by atoms with E-state index < -0.39 is 53.9 Å². The first-order valence-electron chi connectivity index (χ1n) is 9.42. The third-order valence-corrected chi connectivity index (χ3v) is 4.09. The van der Waals surface area contributed by atoms with Crippen LogP contribution >= 0.6 is 0 Å². The van der Waals surface area contributed by atoms with Crippen molar-refractivity contribution < 1.29 is 33.5 Å². The molecular weight excluding hydrogens is 408 g/mol. The first-order valence-corrected chi connectivity index (χ1v) is 9.42. The van der Waals surface area contributed by atoms with Crippen LogP contribution in [-0.4, -0.2) is 53.0 Å². The number of primary amides is 1. The number of amides is 4. The predicted molar refractivity (Wildman–Crippen MR) is 108 cm³/mol. The molecule has 0 bridgehead atoms. The zero-order valence-corrected chi connectivity index (χ0v) is 17.5. The molecule has 0 aliphatic carbocycles. The van der Waals surface area contributed by atoms with Crippen molar-refractivity contribution in [2.24, 2.45) is 11.7 Å². The summed E-state index contributed by atoms with van der Waals surface area (Å²) in [5.41, 5.74) is 7.90. The molecule has 0 saturated carbocycles. The van der Waals surface area contributed by atoms with Crippen molar-refractivity contribution in [3.05, 3.63) is 35.9 Å². The number of alkyl carbamates (subject to hydrolysis) is 1. The van der Waals surface area contributed by atoms with Crippen LogP contribution in [0.4, 0.5) is 4.79 Å². The molecule has 0 spiro atoms. The van der Waals surface area contributed by atoms with E-state index in [4.69, 9.17) is 10.5 Å². The number of ether oxygens (including phenoxy) is 1. The quantitative estimate of drug-likeness (QED) is 0.340. The van der Waals surface area contributed by atoms with Gasteiger partial charge >= 0.3 is 12.0 Å². The highest BCUT2D eigenvalue weighted by molar-refractivity contribution is 6.35. The Bertz CT molecular complexity index is 841. The van der Waals surface area contributed by atoms with E-state index in [2.05, 4.69) is 10.7 Å². The Labute approximate surface area is 179 Å². The molecule has 0 aromatic heterocycles. The normalized spacial score (nSPS) is 12.1. The van der Waals surface area contributed by atoms with Gasteiger partial charge in [0.15, 0.2) is 5.78 Å². The standard InChI is InChI=1S/C20H26N4O7/c1-12(18(28)23-24(10-17(21)27)19(29)14(3)25)9-16(26)13(2)22-20(30)31-11-15-7-5-4-6-8-15/h4-8,12-13H,9-11H2,1-3H3,(H2,21,27)(H,22,30)(H,23,28)/t12-,13+/m1/s1. The number of nitrogens with one attached hydrogen (secondary N) is 2. The number of carbonyl (C=O) groups is 6. The third-order valence-electron chi connectivity index (χ3n) is 4.09. The molecule has 0 radical (unpaired) electrons. The predicted octanol–water partition coefficient (Wildman–Crippen LogP) is -0.169. The average Bonchev–Trinajstić information content (AvgIpc) is 2.71. The third kappa shape index (κ3) is 9.07. The Balaban J connectivity index is 2.55. The zero-order valence-electron chi connectivity index (χ0n) is 17.5. The summed E-state index contributed by atoms with van der Waals surface area (Å²) in [6, 6.07) is 8.04. The minimum Gasteiger partial charge on any atom is -0.445 e. The maximum atomic E-state index is 12.3. The van der Waals surface area contributed by atoms with E-state index in [1.807, 2.05) is 6.07 Å². The molecule has 11 nitrogen and oxygen atoms in total. The lowest BCUT2D eigenvalue weighted by Gasteiger charge is -2.23. The van der Waals surface area contributed by atoms with Gasteiger partial charge in [-0.15, -0.1) is 0 Å². The van der Waals surface area contributed by atoms with Gasteiger partial charge in [0.25, 0.3) is 0 Å². The van der Waals surface area contributed by atoms with Crippen LogP contribution in [0.2, 0.25) is 0 Å². The van der Waals surface area contributed by atoms with Crippen LogP contribution in [0.15, 0.2) is 30.3 Å². The Morgan fingerprint density at radius 3 is 2.23 bits per heavy atom. The summed E-state index contributed by atoms with van der Waals surface area (Å²) in [5.74, 6) is -5.13. The number of nitrogens with two attached hydrogens (primary N) is 1. The summed E-state index contributed by atoms with van der Waals surface area (Å²) in [5, 5.41) is 2.88. The minimum absolute atomic E-state index is 0.0340. The molecule has 1 aromatic rings. The van der Waals surface area contributed by atoms with Gasteiger partial charge in [-0.25, -0.2) is 9.80 Å². The number of nitrogens with zero attached hydrogens (tertiary/aromatic N) is 1. The Morgan fingerprint density at radius 2 is 1.68 bits per heavy atom. The molecule has 0 fully saturated rings. The molecule has 2 atom stereocenters. The highest BCUT2D eigenvalue weighted by atomic mass is 16.5. The lowest BCUT2D eigenvalue weighted by atomic mass is 10.0. The van der Waals surface area contributed by atoms with E-state index in [9.17, 15) is 28.8 Å². The first-order chi connectivity index (χ1) is 14.5. The van der Waals surface area contributed by atoms with Crippen molar-refractivity contribution >= 4 is 35.4 Å². The first kappa shape index (κ1) is 25.3. The molecule has 1 rings (SSSR count). The molecule has 0 aliphatic rings. The van der Waals surface area contributed by atoms with Crippen molar-refractivity contribution in [1.82, 2.24) is 15.8 Å². The van der Waals surface area contributed by atoms with Gasteiger partial charge in [-0.3, -0.25) is 29.4 Å². The lowest BCUT2D eigenvalue weighted by molar-refractivity contribution is -0.151. The van der Waals surface area contributed by atoms with Crippen LogP contribution in [-0.2, 0) is 35.3 Å². The van der Waals surface area contributed by atoms with Crippen molar-refractivity contribution in [3.63, 3.8) is 0 Å². The van der Waals surface area contributed by atoms with Gasteiger partial charge < -0.3 is 15.8 Å². The summed E-state index contributed by atoms with van der Waals surface area (Å²) in [6.45, 7) is 3.16. The average molecular weight is 434 g/mol. The molecule has 0 unspecified atom stereocenters. The zero-order chi connectivity index (χ0) is 23.6. The van der Waals surface area contributed by atoms with Crippen molar-refractivity contribution in [1.29, 1.82) is 0 Å². The monoisotopic (exact) mass is 434 g/mol. The molecule has 11 heteroatoms. The maximum Gasteiger partial charge on any atom is 0.408 e. The number of hydrazine groups is 1. The van der Waals surface area contributed by atoms with E-state index in [1.54, 1.807) is 24.3 Å². The number of hydrogen-bond donors (Lipinski definition) is 3. The van der Waals surface area contributed by atoms with Gasteiger partial charge in [-0.2, -0.15) is 0 Å². The fourth-order valence-corrected chi connectivity index (χ4v) is 2.34. The molecule has 4 amide bonds. The largest absolute Gasteiger partial charge is 0.445 e. The molecular formula is C20H26N4O7. The second kappa shape index (κ2) is 12.1. The molecule has 0 heterocycles. The van der Waals surface area contributed by atoms with E-state index in [1.165, 1.54) is 13.8 Å². The summed E-state index contributed by atoms with van der Waals surface area (Å²) in [4.78, 5) is 70.5. The lowest BCUT2D eigenvalue weighted by Crippen LogP contribution is -2.53.